The van der Waals surface area contributed by atoms with Gasteiger partial charge in [-0.2, -0.15) is 9.97 Å². The number of aliphatic hydroxyl groups excluding tert-OH is 1. The summed E-state index contributed by atoms with van der Waals surface area (Å²) in [5, 5.41) is 24.7. The quantitative estimate of drug-likeness (QED) is 0.221. The Bertz CT molecular complexity index is 1410. The molecule has 0 aliphatic carbocycles. The molecule has 2 aliphatic heterocycles. The first-order valence-corrected chi connectivity index (χ1v) is 15.3. The van der Waals surface area contributed by atoms with E-state index in [9.17, 15) is 19.6 Å². The normalized spacial score (nSPS) is 31.4. The lowest BCUT2D eigenvalue weighted by Gasteiger charge is -2.27. The number of fused-ring (bicyclic) bond motifs is 1. The van der Waals surface area contributed by atoms with E-state index >= 15 is 0 Å². The lowest BCUT2D eigenvalue weighted by molar-refractivity contribution is -0.150. The SMILES string of the molecule is COc1nc(N)nc2c1ncn2[C@@H]1OC(COP2(=O)N[C@@H](C(=O)O[C@H](C)c3ccccc3)CS2)[C@@H](O)[C@@]1(C)O. The van der Waals surface area contributed by atoms with Crippen molar-refractivity contribution in [3.8, 4) is 5.88 Å². The number of rotatable bonds is 8. The molecule has 4 heterocycles. The number of hydrogen-bond donors (Lipinski definition) is 4. The van der Waals surface area contributed by atoms with Crippen molar-refractivity contribution < 1.29 is 38.3 Å². The molecule has 210 valence electrons. The zero-order valence-electron chi connectivity index (χ0n) is 21.3. The van der Waals surface area contributed by atoms with Crippen molar-refractivity contribution >= 4 is 41.2 Å². The van der Waals surface area contributed by atoms with E-state index in [2.05, 4.69) is 20.0 Å². The van der Waals surface area contributed by atoms with Gasteiger partial charge in [0.2, 0.25) is 11.8 Å². The maximum atomic E-state index is 13.3. The van der Waals surface area contributed by atoms with E-state index in [1.165, 1.54) is 24.9 Å². The van der Waals surface area contributed by atoms with E-state index in [0.29, 0.717) is 0 Å². The van der Waals surface area contributed by atoms with Gasteiger partial charge >= 0.3 is 12.7 Å². The van der Waals surface area contributed by atoms with Crippen molar-refractivity contribution in [2.75, 3.05) is 25.2 Å². The molecular weight excluding hydrogens is 551 g/mol. The number of benzene rings is 1. The average molecular weight is 581 g/mol. The van der Waals surface area contributed by atoms with Crippen LogP contribution in [-0.2, 0) is 23.4 Å². The number of nitrogens with two attached hydrogens (primary N) is 1. The molecule has 0 radical (unpaired) electrons. The topological polar surface area (TPSA) is 193 Å². The second-order valence-electron chi connectivity index (χ2n) is 9.37. The number of nitrogens with zero attached hydrogens (tertiary/aromatic N) is 4. The summed E-state index contributed by atoms with van der Waals surface area (Å²) in [5.41, 5.74) is 5.33. The van der Waals surface area contributed by atoms with Crippen molar-refractivity contribution in [1.82, 2.24) is 24.6 Å². The van der Waals surface area contributed by atoms with E-state index in [4.69, 9.17) is 24.5 Å². The summed E-state index contributed by atoms with van der Waals surface area (Å²) < 4.78 is 37.0. The van der Waals surface area contributed by atoms with Crippen LogP contribution in [0.2, 0.25) is 0 Å². The number of methoxy groups -OCH3 is 1. The van der Waals surface area contributed by atoms with Crippen LogP contribution in [0.15, 0.2) is 36.7 Å². The van der Waals surface area contributed by atoms with Crippen LogP contribution in [0.1, 0.15) is 31.7 Å². The van der Waals surface area contributed by atoms with E-state index in [1.54, 1.807) is 6.92 Å². The predicted octanol–water partition coefficient (Wildman–Crippen LogP) is 1.56. The molecule has 0 saturated carbocycles. The number of esters is 1. The summed E-state index contributed by atoms with van der Waals surface area (Å²) in [5.74, 6) is -0.310. The largest absolute Gasteiger partial charge is 0.479 e. The van der Waals surface area contributed by atoms with Crippen molar-refractivity contribution in [3.63, 3.8) is 0 Å². The highest BCUT2D eigenvalue weighted by Crippen LogP contribution is 2.61. The van der Waals surface area contributed by atoms with Gasteiger partial charge in [-0.15, -0.1) is 0 Å². The van der Waals surface area contributed by atoms with Crippen LogP contribution in [0.25, 0.3) is 11.2 Å². The summed E-state index contributed by atoms with van der Waals surface area (Å²) in [6.07, 6.45) is -2.75. The highest BCUT2D eigenvalue weighted by Gasteiger charge is 2.54. The van der Waals surface area contributed by atoms with Gasteiger partial charge in [0.25, 0.3) is 0 Å². The van der Waals surface area contributed by atoms with Crippen LogP contribution in [-0.4, -0.2) is 79.0 Å². The Labute approximate surface area is 227 Å². The Balaban J connectivity index is 1.23. The van der Waals surface area contributed by atoms with Gasteiger partial charge in [0.15, 0.2) is 17.4 Å². The zero-order valence-corrected chi connectivity index (χ0v) is 23.0. The Hall–Kier alpha value is -2.78. The Morgan fingerprint density at radius 3 is 2.85 bits per heavy atom. The number of nitrogens with one attached hydrogen (secondary N) is 1. The molecule has 2 aliphatic rings. The molecule has 2 unspecified atom stereocenters. The standard InChI is InChI=1S/C23H29N6O8PS/c1-12(13-7-5-4-6-8-13)36-20(31)14-10-39-38(33,28-14)35-9-15-17(30)23(2,32)21(37-15)29-11-25-16-18(29)26-22(24)27-19(16)34-3/h4-8,11-12,14-15,17,21,30,32H,9-10H2,1-3H3,(H,28,33)(H2,24,26,27)/t12-,14-,15?,17-,21-,23-,38?/m1/s1. The van der Waals surface area contributed by atoms with Gasteiger partial charge in [-0.25, -0.2) is 10.1 Å². The third-order valence-electron chi connectivity index (χ3n) is 6.59. The van der Waals surface area contributed by atoms with Gasteiger partial charge in [0, 0.05) is 5.75 Å². The summed E-state index contributed by atoms with van der Waals surface area (Å²) in [6, 6.07) is 8.43. The van der Waals surface area contributed by atoms with Gasteiger partial charge in [-0.3, -0.25) is 13.9 Å². The van der Waals surface area contributed by atoms with Crippen LogP contribution in [0.4, 0.5) is 5.95 Å². The lowest BCUT2D eigenvalue weighted by atomic mass is 9.96. The van der Waals surface area contributed by atoms with Crippen LogP contribution < -0.4 is 15.6 Å². The minimum atomic E-state index is -3.53. The molecule has 2 aromatic heterocycles. The third kappa shape index (κ3) is 5.35. The molecule has 39 heavy (non-hydrogen) atoms. The van der Waals surface area contributed by atoms with E-state index < -0.39 is 48.9 Å². The van der Waals surface area contributed by atoms with Crippen LogP contribution in [0.3, 0.4) is 0 Å². The highest BCUT2D eigenvalue weighted by atomic mass is 32.7. The number of imidazole rings is 1. The Kier molecular flexibility index (Phi) is 7.59. The van der Waals surface area contributed by atoms with Gasteiger partial charge in [0.05, 0.1) is 20.0 Å². The first-order valence-electron chi connectivity index (χ1n) is 12.0. The van der Waals surface area contributed by atoms with Gasteiger partial charge in [0.1, 0.15) is 30.0 Å². The van der Waals surface area contributed by atoms with E-state index in [-0.39, 0.29) is 35.4 Å². The molecule has 0 spiro atoms. The molecule has 7 atom stereocenters. The maximum Gasteiger partial charge on any atom is 0.327 e. The van der Waals surface area contributed by atoms with Gasteiger partial charge < -0.3 is 34.7 Å². The monoisotopic (exact) mass is 580 g/mol. The number of carbonyl (C=O) groups excluding carboxylic acids is 1. The number of carbonyl (C=O) groups is 1. The number of aliphatic hydroxyl groups is 2. The number of anilines is 1. The number of hydrogen-bond acceptors (Lipinski definition) is 13. The maximum absolute atomic E-state index is 13.3. The van der Waals surface area contributed by atoms with Crippen molar-refractivity contribution in [1.29, 1.82) is 0 Å². The van der Waals surface area contributed by atoms with Crippen molar-refractivity contribution in [2.45, 2.75) is 50.0 Å². The minimum absolute atomic E-state index is 0.0761. The number of nitrogen functional groups attached to an aromatic ring is 1. The van der Waals surface area contributed by atoms with Crippen LogP contribution in [0.5, 0.6) is 5.88 Å². The second-order valence-corrected chi connectivity index (χ2v) is 13.7. The molecule has 14 nitrogen and oxygen atoms in total. The summed E-state index contributed by atoms with van der Waals surface area (Å²) >= 11 is 0.956. The van der Waals surface area contributed by atoms with Gasteiger partial charge in [-0.1, -0.05) is 41.7 Å². The van der Waals surface area contributed by atoms with Crippen LogP contribution >= 0.6 is 18.1 Å². The Morgan fingerprint density at radius 1 is 1.38 bits per heavy atom. The first kappa shape index (κ1) is 27.8. The summed E-state index contributed by atoms with van der Waals surface area (Å²) in [6.45, 7) is -0.719. The molecule has 1 aromatic carbocycles. The molecule has 5 N–H and O–H groups in total. The molecule has 0 bridgehead atoms. The molecule has 5 rings (SSSR count). The minimum Gasteiger partial charge on any atom is -0.479 e. The molecule has 2 saturated heterocycles. The summed E-state index contributed by atoms with van der Waals surface area (Å²) in [4.78, 5) is 25.0. The zero-order chi connectivity index (χ0) is 27.9. The van der Waals surface area contributed by atoms with Gasteiger partial charge in [-0.05, 0) is 19.4 Å². The molecule has 2 fully saturated rings. The smallest absolute Gasteiger partial charge is 0.327 e. The predicted molar refractivity (Wildman–Crippen MR) is 141 cm³/mol. The van der Waals surface area contributed by atoms with Crippen LogP contribution in [0, 0.1) is 0 Å². The third-order valence-corrected chi connectivity index (χ3v) is 10.6. The number of aromatic nitrogens is 4. The molecule has 3 aromatic rings. The van der Waals surface area contributed by atoms with E-state index in [1.807, 2.05) is 30.3 Å². The molecular formula is C23H29N6O8PS. The molecule has 0 amide bonds. The van der Waals surface area contributed by atoms with Crippen molar-refractivity contribution in [3.05, 3.63) is 42.2 Å². The molecule has 16 heteroatoms. The van der Waals surface area contributed by atoms with E-state index in [0.717, 1.165) is 16.9 Å². The fraction of sp³-hybridized carbons (Fsp3) is 0.478. The number of ether oxygens (including phenoxy) is 3. The highest BCUT2D eigenvalue weighted by molar-refractivity contribution is 8.56. The summed E-state index contributed by atoms with van der Waals surface area (Å²) in [7, 11) is 1.41. The Morgan fingerprint density at radius 2 is 2.13 bits per heavy atom. The lowest BCUT2D eigenvalue weighted by Crippen LogP contribution is -2.44. The average Bonchev–Trinajstić information content (AvgIpc) is 3.57. The fourth-order valence-corrected chi connectivity index (χ4v) is 8.33. The fourth-order valence-electron chi connectivity index (χ4n) is 4.45. The first-order chi connectivity index (χ1) is 18.5. The van der Waals surface area contributed by atoms with Crippen molar-refractivity contribution in [2.24, 2.45) is 0 Å². The second kappa shape index (κ2) is 10.7.